The molecule has 0 bridgehead atoms. The molecule has 0 radical (unpaired) electrons. The molecule has 4 aromatic carbocycles. The van der Waals surface area contributed by atoms with Crippen molar-refractivity contribution in [3.63, 3.8) is 0 Å². The molecule has 3 aliphatic rings. The fourth-order valence-corrected chi connectivity index (χ4v) is 8.54. The van der Waals surface area contributed by atoms with Gasteiger partial charge in [-0.2, -0.15) is 31.3 Å². The molecule has 0 saturated carbocycles. The van der Waals surface area contributed by atoms with E-state index in [-0.39, 0.29) is 41.0 Å². The summed E-state index contributed by atoms with van der Waals surface area (Å²) in [5, 5.41) is 26.1. The summed E-state index contributed by atoms with van der Waals surface area (Å²) in [6, 6.07) is 23.4. The van der Waals surface area contributed by atoms with E-state index in [1.807, 2.05) is 34.1 Å². The van der Waals surface area contributed by atoms with Gasteiger partial charge in [-0.1, -0.05) is 35.6 Å². The lowest BCUT2D eigenvalue weighted by atomic mass is 9.93. The largest absolute Gasteiger partial charge is 0.508 e. The number of aromatic nitrogens is 1. The smallest absolute Gasteiger partial charge is 0.416 e. The molecule has 1 saturated heterocycles. The molecule has 0 atom stereocenters. The molecule has 8 rings (SSSR count). The van der Waals surface area contributed by atoms with Crippen molar-refractivity contribution >= 4 is 50.5 Å². The summed E-state index contributed by atoms with van der Waals surface area (Å²) >= 11 is 7.08. The van der Waals surface area contributed by atoms with Gasteiger partial charge in [-0.05, 0) is 84.0 Å². The van der Waals surface area contributed by atoms with Gasteiger partial charge in [-0.25, -0.2) is 0 Å². The number of benzene rings is 5. The number of thiocarbonyl (C=S) groups is 1. The van der Waals surface area contributed by atoms with Crippen molar-refractivity contribution in [3.05, 3.63) is 134 Å². The summed E-state index contributed by atoms with van der Waals surface area (Å²) in [4.78, 5) is 21.2. The van der Waals surface area contributed by atoms with E-state index in [2.05, 4.69) is 10.3 Å². The van der Waals surface area contributed by atoms with Gasteiger partial charge in [-0.15, -0.1) is 0 Å². The zero-order valence-electron chi connectivity index (χ0n) is 32.4. The molecule has 3 heterocycles. The van der Waals surface area contributed by atoms with Crippen molar-refractivity contribution in [2.24, 2.45) is 0 Å². The molecule has 1 aliphatic carbocycles. The highest BCUT2D eigenvalue weighted by Crippen LogP contribution is 2.42. The number of rotatable bonds is 9. The molecule has 1 aromatic heterocycles. The van der Waals surface area contributed by atoms with Crippen LogP contribution in [0.15, 0.2) is 106 Å². The second-order valence-electron chi connectivity index (χ2n) is 14.4. The van der Waals surface area contributed by atoms with Crippen LogP contribution >= 0.6 is 23.6 Å². The Morgan fingerprint density at radius 2 is 1.63 bits per heavy atom. The van der Waals surface area contributed by atoms with Gasteiger partial charge in [0.05, 0.1) is 23.1 Å². The molecule has 0 unspecified atom stereocenters. The standard InChI is InChI=1S/C44H34F6N4O6S2/c1-58-37-18-24(2-13-34(37)59-23-26-3-6-27(43(45,46)47)20-33(26)44(48,49)50)19-38-40(57)52-42(62-38)54-16-14-53(15-17-54)41(61)51-28-7-4-25(5-8-28)39-31-11-9-29(55)21-35(31)60-36-22-30(56)10-12-32(36)39/h2-13,18,20-22,55,57H,14-17,19,23H2,1H3,(H,51,61). The molecule has 5 aromatic rings. The lowest BCUT2D eigenvalue weighted by Crippen LogP contribution is -2.50. The van der Waals surface area contributed by atoms with Crippen LogP contribution in [0.2, 0.25) is 0 Å². The van der Waals surface area contributed by atoms with Crippen molar-refractivity contribution in [2.75, 3.05) is 43.5 Å². The number of aromatic hydroxyl groups is 2. The topological polar surface area (TPSA) is 121 Å². The second-order valence-corrected chi connectivity index (χ2v) is 15.8. The van der Waals surface area contributed by atoms with Crippen LogP contribution in [0.3, 0.4) is 0 Å². The Bertz CT molecular complexity index is 2820. The van der Waals surface area contributed by atoms with Crippen LogP contribution < -0.4 is 25.1 Å². The van der Waals surface area contributed by atoms with Gasteiger partial charge >= 0.3 is 12.4 Å². The fourth-order valence-electron chi connectivity index (χ4n) is 7.20. The Morgan fingerprint density at radius 3 is 2.34 bits per heavy atom. The van der Waals surface area contributed by atoms with Gasteiger partial charge in [0.1, 0.15) is 23.7 Å². The van der Waals surface area contributed by atoms with Crippen molar-refractivity contribution in [2.45, 2.75) is 25.4 Å². The third kappa shape index (κ3) is 8.92. The van der Waals surface area contributed by atoms with Gasteiger partial charge in [0.15, 0.2) is 27.2 Å². The number of hydrogen-bond donors (Lipinski definition) is 3. The summed E-state index contributed by atoms with van der Waals surface area (Å²) in [5.41, 5.74) is 0.866. The lowest BCUT2D eigenvalue weighted by molar-refractivity contribution is -0.143. The summed E-state index contributed by atoms with van der Waals surface area (Å²) in [5.74, 6) is 0.571. The van der Waals surface area contributed by atoms with Crippen LogP contribution in [-0.4, -0.2) is 58.5 Å². The van der Waals surface area contributed by atoms with Gasteiger partial charge in [0.25, 0.3) is 0 Å². The molecule has 18 heteroatoms. The first kappa shape index (κ1) is 42.2. The molecule has 62 heavy (non-hydrogen) atoms. The van der Waals surface area contributed by atoms with Crippen LogP contribution in [0.25, 0.3) is 33.4 Å². The van der Waals surface area contributed by atoms with E-state index in [1.54, 1.807) is 30.3 Å². The van der Waals surface area contributed by atoms with Crippen LogP contribution in [0, 0.1) is 0 Å². The molecule has 0 spiro atoms. The minimum absolute atomic E-state index is 0.0455. The minimum atomic E-state index is -5.04. The quantitative estimate of drug-likeness (QED) is 0.0730. The number of methoxy groups -OCH3 is 1. The van der Waals surface area contributed by atoms with E-state index >= 15 is 0 Å². The van der Waals surface area contributed by atoms with Gasteiger partial charge in [-0.3, -0.25) is 4.79 Å². The first-order valence-corrected chi connectivity index (χ1v) is 20.1. The normalized spacial score (nSPS) is 13.5. The summed E-state index contributed by atoms with van der Waals surface area (Å²) < 4.78 is 97.3. The average Bonchev–Trinajstić information content (AvgIpc) is 3.60. The van der Waals surface area contributed by atoms with Crippen LogP contribution in [0.1, 0.15) is 27.1 Å². The Labute approximate surface area is 358 Å². The molecule has 320 valence electrons. The van der Waals surface area contributed by atoms with Crippen molar-refractivity contribution in [1.82, 2.24) is 9.88 Å². The Balaban J connectivity index is 0.882. The third-order valence-electron chi connectivity index (χ3n) is 10.3. The van der Waals surface area contributed by atoms with E-state index in [1.165, 1.54) is 42.7 Å². The monoisotopic (exact) mass is 892 g/mol. The highest BCUT2D eigenvalue weighted by atomic mass is 32.1. The molecule has 3 N–H and O–H groups in total. The fraction of sp³-hybridized carbons (Fsp3) is 0.205. The maximum Gasteiger partial charge on any atom is 0.416 e. The van der Waals surface area contributed by atoms with E-state index < -0.39 is 35.6 Å². The number of nitrogens with zero attached hydrogens (tertiary/aromatic N) is 3. The Kier molecular flexibility index (Phi) is 11.4. The molecule has 0 amide bonds. The van der Waals surface area contributed by atoms with Crippen LogP contribution in [0.5, 0.6) is 23.1 Å². The molecule has 1 fully saturated rings. The van der Waals surface area contributed by atoms with E-state index in [0.29, 0.717) is 64.3 Å². The van der Waals surface area contributed by atoms with Crippen molar-refractivity contribution in [3.8, 4) is 45.6 Å². The maximum atomic E-state index is 13.7. The number of anilines is 2. The lowest BCUT2D eigenvalue weighted by Gasteiger charge is -2.36. The van der Waals surface area contributed by atoms with Crippen LogP contribution in [-0.2, 0) is 25.4 Å². The number of halogens is 6. The Morgan fingerprint density at radius 1 is 0.871 bits per heavy atom. The number of fused-ring (bicyclic) bond motifs is 2. The van der Waals surface area contributed by atoms with Gasteiger partial charge < -0.3 is 39.2 Å². The van der Waals surface area contributed by atoms with Crippen LogP contribution in [0.4, 0.5) is 37.2 Å². The molecule has 2 aliphatic heterocycles. The van der Waals surface area contributed by atoms with E-state index in [4.69, 9.17) is 26.1 Å². The van der Waals surface area contributed by atoms with Gasteiger partial charge in [0, 0.05) is 72.5 Å². The second kappa shape index (κ2) is 16.7. The highest BCUT2D eigenvalue weighted by molar-refractivity contribution is 7.80. The minimum Gasteiger partial charge on any atom is -0.508 e. The number of ether oxygens (including phenoxy) is 2. The predicted octanol–water partition coefficient (Wildman–Crippen LogP) is 10.2. The highest BCUT2D eigenvalue weighted by Gasteiger charge is 2.38. The summed E-state index contributed by atoms with van der Waals surface area (Å²) in [6.45, 7) is 1.64. The Hall–Kier alpha value is -6.53. The predicted molar refractivity (Wildman–Crippen MR) is 227 cm³/mol. The number of alkyl halides is 6. The summed E-state index contributed by atoms with van der Waals surface area (Å²) in [6.07, 6.45) is -9.73. The average molecular weight is 893 g/mol. The van der Waals surface area contributed by atoms with Gasteiger partial charge in [0.2, 0.25) is 5.88 Å². The number of thiazole rings is 1. The van der Waals surface area contributed by atoms with Crippen molar-refractivity contribution < 1.29 is 50.4 Å². The number of piperazine rings is 1. The summed E-state index contributed by atoms with van der Waals surface area (Å²) in [7, 11) is 1.34. The third-order valence-corrected chi connectivity index (χ3v) is 11.8. The zero-order valence-corrected chi connectivity index (χ0v) is 34.1. The van der Waals surface area contributed by atoms with Crippen molar-refractivity contribution in [1.29, 1.82) is 0 Å². The van der Waals surface area contributed by atoms with E-state index in [0.717, 1.165) is 33.8 Å². The first-order valence-electron chi connectivity index (χ1n) is 18.9. The zero-order chi connectivity index (χ0) is 43.9. The molecule has 10 nitrogen and oxygen atoms in total. The maximum absolute atomic E-state index is 13.7. The number of hydrogen-bond acceptors (Lipinski definition) is 10. The number of phenols is 1. The number of phenolic OH excluding ortho intramolecular Hbond substituents is 1. The molecular weight excluding hydrogens is 859 g/mol. The molecular formula is C44H34F6N4O6S2. The first-order chi connectivity index (χ1) is 29.5. The number of nitrogens with one attached hydrogen (secondary N) is 1. The SMILES string of the molecule is COc1cc(Cc2sc(N3CCN(C(=S)Nc4ccc(-c5c6ccc(=O)cc-6oc6cc(O)ccc56)cc4)CC3)nc2O)ccc1OCc1ccc(C(F)(F)F)cc1C(F)(F)F. The van der Waals surface area contributed by atoms with E-state index in [9.17, 15) is 41.4 Å².